The molecule has 3 nitrogen and oxygen atoms in total. The second-order valence-corrected chi connectivity index (χ2v) is 0.648. The molecule has 0 spiro atoms. The normalized spacial score (nSPS) is 5.50. The SMILES string of the molecule is Cl.NC(=O)NCl. The Hall–Kier alpha value is -0.150. The van der Waals surface area contributed by atoms with E-state index in [4.69, 9.17) is 0 Å². The van der Waals surface area contributed by atoms with Crippen molar-refractivity contribution in [1.29, 1.82) is 0 Å². The van der Waals surface area contributed by atoms with Gasteiger partial charge >= 0.3 is 6.03 Å². The lowest BCUT2D eigenvalue weighted by Gasteiger charge is -1.76. The fraction of sp³-hybridized carbons (Fsp3) is 0. The van der Waals surface area contributed by atoms with E-state index >= 15 is 0 Å². The molecule has 0 unspecified atom stereocenters. The second kappa shape index (κ2) is 4.85. The van der Waals surface area contributed by atoms with Gasteiger partial charge < -0.3 is 5.73 Å². The van der Waals surface area contributed by atoms with Crippen molar-refractivity contribution in [2.24, 2.45) is 5.73 Å². The molecule has 38 valence electrons. The van der Waals surface area contributed by atoms with Crippen LogP contribution in [0.25, 0.3) is 0 Å². The summed E-state index contributed by atoms with van der Waals surface area (Å²) in [5.74, 6) is 0. The van der Waals surface area contributed by atoms with Crippen LogP contribution in [0.5, 0.6) is 0 Å². The lowest BCUT2D eigenvalue weighted by Crippen LogP contribution is -2.19. The first-order chi connectivity index (χ1) is 2.27. The van der Waals surface area contributed by atoms with E-state index in [0.29, 0.717) is 0 Å². The van der Waals surface area contributed by atoms with Gasteiger partial charge in [-0.2, -0.15) is 0 Å². The van der Waals surface area contributed by atoms with Crippen molar-refractivity contribution in [3.63, 3.8) is 0 Å². The molecular formula is CH4Cl2N2O. The van der Waals surface area contributed by atoms with E-state index < -0.39 is 6.03 Å². The van der Waals surface area contributed by atoms with E-state index in [9.17, 15) is 4.79 Å². The van der Waals surface area contributed by atoms with Gasteiger partial charge in [-0.05, 0) is 0 Å². The van der Waals surface area contributed by atoms with Crippen molar-refractivity contribution in [3.05, 3.63) is 0 Å². The molecule has 0 radical (unpaired) electrons. The van der Waals surface area contributed by atoms with Gasteiger partial charge in [-0.1, -0.05) is 0 Å². The molecule has 0 bridgehead atoms. The van der Waals surface area contributed by atoms with Crippen LogP contribution < -0.4 is 10.6 Å². The highest BCUT2D eigenvalue weighted by Crippen LogP contribution is 1.54. The van der Waals surface area contributed by atoms with E-state index in [1.54, 1.807) is 4.84 Å². The van der Waals surface area contributed by atoms with E-state index in [0.717, 1.165) is 0 Å². The first kappa shape index (κ1) is 9.28. The number of primary amides is 1. The van der Waals surface area contributed by atoms with Crippen molar-refractivity contribution in [3.8, 4) is 0 Å². The number of carbonyl (C=O) groups excluding carboxylic acids is 1. The Balaban J connectivity index is 0. The summed E-state index contributed by atoms with van der Waals surface area (Å²) >= 11 is 4.61. The zero-order valence-electron chi connectivity index (χ0n) is 2.77. The van der Waals surface area contributed by atoms with Gasteiger partial charge in [0, 0.05) is 11.8 Å². The molecular weight excluding hydrogens is 127 g/mol. The van der Waals surface area contributed by atoms with Crippen LogP contribution in [0, 0.1) is 0 Å². The molecule has 0 aromatic carbocycles. The van der Waals surface area contributed by atoms with Gasteiger partial charge in [-0.15, -0.1) is 12.4 Å². The second-order valence-electron chi connectivity index (χ2n) is 0.459. The third-order valence-electron chi connectivity index (χ3n) is 0.0931. The molecule has 6 heavy (non-hydrogen) atoms. The summed E-state index contributed by atoms with van der Waals surface area (Å²) in [5, 5.41) is 0. The highest BCUT2D eigenvalue weighted by atomic mass is 35.5. The molecule has 0 aromatic heterocycles. The van der Waals surface area contributed by atoms with Gasteiger partial charge in [0.1, 0.15) is 0 Å². The van der Waals surface area contributed by atoms with Crippen LogP contribution in [0.2, 0.25) is 0 Å². The maximum atomic E-state index is 9.35. The molecule has 3 N–H and O–H groups in total. The van der Waals surface area contributed by atoms with Crippen LogP contribution >= 0.6 is 24.2 Å². The van der Waals surface area contributed by atoms with Crippen molar-refractivity contribution in [2.75, 3.05) is 0 Å². The number of carbonyl (C=O) groups is 1. The minimum absolute atomic E-state index is 0. The molecule has 0 atom stereocenters. The van der Waals surface area contributed by atoms with Crippen LogP contribution in [-0.2, 0) is 0 Å². The number of hydrogen-bond acceptors (Lipinski definition) is 1. The topological polar surface area (TPSA) is 55.1 Å². The third kappa shape index (κ3) is 9.14. The smallest absolute Gasteiger partial charge is 0.326 e. The quantitative estimate of drug-likeness (QED) is 0.454. The molecule has 0 aliphatic carbocycles. The van der Waals surface area contributed by atoms with Crippen molar-refractivity contribution in [1.82, 2.24) is 4.84 Å². The highest BCUT2D eigenvalue weighted by molar-refractivity contribution is 6.20. The summed E-state index contributed by atoms with van der Waals surface area (Å²) in [7, 11) is 0. The number of hydrogen-bond donors (Lipinski definition) is 2. The Morgan fingerprint density at radius 2 is 2.00 bits per heavy atom. The Morgan fingerprint density at radius 1 is 1.83 bits per heavy atom. The molecule has 0 rings (SSSR count). The highest BCUT2D eigenvalue weighted by Gasteiger charge is 1.75. The zero-order chi connectivity index (χ0) is 4.28. The Bertz CT molecular complexity index is 46.8. The first-order valence-electron chi connectivity index (χ1n) is 0.932. The molecule has 5 heteroatoms. The van der Waals surface area contributed by atoms with E-state index in [1.807, 2.05) is 0 Å². The van der Waals surface area contributed by atoms with Crippen LogP contribution in [0.4, 0.5) is 4.79 Å². The predicted molar refractivity (Wildman–Crippen MR) is 25.8 cm³/mol. The number of urea groups is 1. The average molecular weight is 131 g/mol. The monoisotopic (exact) mass is 130 g/mol. The predicted octanol–water partition coefficient (Wildman–Crippen LogP) is 0.230. The van der Waals surface area contributed by atoms with Gasteiger partial charge in [0.15, 0.2) is 0 Å². The van der Waals surface area contributed by atoms with Crippen molar-refractivity contribution < 1.29 is 4.79 Å². The fourth-order valence-corrected chi connectivity index (χ4v) is 0. The van der Waals surface area contributed by atoms with Crippen molar-refractivity contribution >= 4 is 30.2 Å². The summed E-state index contributed by atoms with van der Waals surface area (Å²) in [5.41, 5.74) is 4.41. The molecule has 0 saturated heterocycles. The molecule has 0 fully saturated rings. The Labute approximate surface area is 46.4 Å². The van der Waals surface area contributed by atoms with Gasteiger partial charge in [-0.3, -0.25) is 4.84 Å². The molecule has 0 heterocycles. The van der Waals surface area contributed by atoms with Gasteiger partial charge in [0.25, 0.3) is 0 Å². The van der Waals surface area contributed by atoms with E-state index in [1.165, 1.54) is 0 Å². The van der Waals surface area contributed by atoms with Crippen LogP contribution in [-0.4, -0.2) is 6.03 Å². The first-order valence-corrected chi connectivity index (χ1v) is 1.31. The number of rotatable bonds is 0. The largest absolute Gasteiger partial charge is 0.351 e. The molecule has 0 aromatic rings. The van der Waals surface area contributed by atoms with Gasteiger partial charge in [0.2, 0.25) is 0 Å². The lowest BCUT2D eigenvalue weighted by molar-refractivity contribution is 0.254. The Morgan fingerprint density at radius 3 is 2.00 bits per heavy atom. The van der Waals surface area contributed by atoms with Crippen molar-refractivity contribution in [2.45, 2.75) is 0 Å². The van der Waals surface area contributed by atoms with Gasteiger partial charge in [-0.25, -0.2) is 4.79 Å². The number of amides is 2. The summed E-state index contributed by atoms with van der Waals surface area (Å²) in [6.07, 6.45) is 0. The van der Waals surface area contributed by atoms with Crippen LogP contribution in [0.3, 0.4) is 0 Å². The number of nitrogens with one attached hydrogen (secondary N) is 1. The van der Waals surface area contributed by atoms with Crippen LogP contribution in [0.15, 0.2) is 0 Å². The fourth-order valence-electron chi connectivity index (χ4n) is 0. The number of halogens is 2. The zero-order valence-corrected chi connectivity index (χ0v) is 4.34. The van der Waals surface area contributed by atoms with Crippen LogP contribution in [0.1, 0.15) is 0 Å². The summed E-state index contributed by atoms with van der Waals surface area (Å²) in [4.78, 5) is 11.0. The maximum absolute atomic E-state index is 9.35. The molecule has 0 aliphatic heterocycles. The molecule has 0 saturated carbocycles. The summed E-state index contributed by atoms with van der Waals surface area (Å²) in [6.45, 7) is 0. The Kier molecular flexibility index (Phi) is 7.50. The number of nitrogens with two attached hydrogens (primary N) is 1. The summed E-state index contributed by atoms with van der Waals surface area (Å²) in [6, 6.07) is -0.730. The molecule has 0 aliphatic rings. The minimum atomic E-state index is -0.730. The molecule has 2 amide bonds. The average Bonchev–Trinajstić information content (AvgIpc) is 1.38. The lowest BCUT2D eigenvalue weighted by atomic mass is 11.2. The maximum Gasteiger partial charge on any atom is 0.326 e. The standard InChI is InChI=1S/CH3ClN2O.ClH/c2-4-1(3)5;/h(H3,3,4,5);1H. The third-order valence-corrected chi connectivity index (χ3v) is 0.279. The van der Waals surface area contributed by atoms with E-state index in [2.05, 4.69) is 17.5 Å². The summed E-state index contributed by atoms with van der Waals surface area (Å²) < 4.78 is 0. The van der Waals surface area contributed by atoms with Gasteiger partial charge in [0.05, 0.1) is 0 Å². The minimum Gasteiger partial charge on any atom is -0.351 e. The van der Waals surface area contributed by atoms with E-state index in [-0.39, 0.29) is 12.4 Å².